The number of hydrogen-bond acceptors (Lipinski definition) is 2. The van der Waals surface area contributed by atoms with Crippen molar-refractivity contribution < 1.29 is 18.0 Å². The zero-order valence-corrected chi connectivity index (χ0v) is 6.63. The summed E-state index contributed by atoms with van der Waals surface area (Å²) in [5.74, 6) is -1.75. The second-order valence-electron chi connectivity index (χ2n) is 1.97. The molecule has 0 aliphatic rings. The molecule has 0 rings (SSSR count). The van der Waals surface area contributed by atoms with Crippen LogP contribution in [0.4, 0.5) is 13.2 Å². The van der Waals surface area contributed by atoms with Crippen LogP contribution in [0.5, 0.6) is 0 Å². The van der Waals surface area contributed by atoms with Crippen LogP contribution in [0.15, 0.2) is 0 Å². The van der Waals surface area contributed by atoms with Crippen LogP contribution in [0.2, 0.25) is 0 Å². The number of carbonyl (C=O) groups is 1. The van der Waals surface area contributed by atoms with E-state index in [0.717, 1.165) is 0 Å². The molecule has 66 valence electrons. The summed E-state index contributed by atoms with van der Waals surface area (Å²) >= 11 is 0.492. The van der Waals surface area contributed by atoms with Crippen LogP contribution in [-0.4, -0.2) is 23.1 Å². The fourth-order valence-electron chi connectivity index (χ4n) is 0.302. The van der Waals surface area contributed by atoms with Gasteiger partial charge < -0.3 is 5.73 Å². The van der Waals surface area contributed by atoms with Crippen LogP contribution in [0.25, 0.3) is 0 Å². The Morgan fingerprint density at radius 1 is 1.64 bits per heavy atom. The Balaban J connectivity index is 3.63. The molecule has 0 aliphatic heterocycles. The molecule has 11 heavy (non-hydrogen) atoms. The van der Waals surface area contributed by atoms with Crippen LogP contribution in [0.3, 0.4) is 0 Å². The van der Waals surface area contributed by atoms with Crippen molar-refractivity contribution in [2.45, 2.75) is 18.3 Å². The highest BCUT2D eigenvalue weighted by Crippen LogP contribution is 2.23. The Morgan fingerprint density at radius 3 is 2.36 bits per heavy atom. The summed E-state index contributed by atoms with van der Waals surface area (Å²) < 4.78 is 34.5. The maximum atomic E-state index is 11.5. The first-order chi connectivity index (χ1) is 4.83. The monoisotopic (exact) mass is 187 g/mol. The predicted octanol–water partition coefficient (Wildman–Crippen LogP) is 1.16. The van der Waals surface area contributed by atoms with Crippen molar-refractivity contribution in [2.24, 2.45) is 5.73 Å². The number of nitrogens with two attached hydrogens (primary N) is 1. The Morgan fingerprint density at radius 2 is 2.09 bits per heavy atom. The lowest BCUT2D eigenvalue weighted by Gasteiger charge is -2.08. The minimum atomic E-state index is -4.23. The molecule has 0 heterocycles. The predicted molar refractivity (Wildman–Crippen MR) is 37.2 cm³/mol. The van der Waals surface area contributed by atoms with E-state index >= 15 is 0 Å². The highest BCUT2D eigenvalue weighted by Gasteiger charge is 2.28. The van der Waals surface area contributed by atoms with Crippen LogP contribution in [-0.2, 0) is 4.79 Å². The average Bonchev–Trinajstić information content (AvgIpc) is 1.80. The Hall–Kier alpha value is -0.390. The topological polar surface area (TPSA) is 43.1 Å². The molecular formula is C5H8F3NOS. The number of hydrogen-bond donors (Lipinski definition) is 1. The van der Waals surface area contributed by atoms with Gasteiger partial charge in [0.25, 0.3) is 0 Å². The van der Waals surface area contributed by atoms with Gasteiger partial charge in [-0.1, -0.05) is 0 Å². The van der Waals surface area contributed by atoms with E-state index in [2.05, 4.69) is 0 Å². The van der Waals surface area contributed by atoms with Gasteiger partial charge in [0.2, 0.25) is 5.91 Å². The summed E-state index contributed by atoms with van der Waals surface area (Å²) in [7, 11) is 0. The van der Waals surface area contributed by atoms with E-state index in [1.807, 2.05) is 0 Å². The smallest absolute Gasteiger partial charge is 0.369 e. The third-order valence-electron chi connectivity index (χ3n) is 0.898. The van der Waals surface area contributed by atoms with Gasteiger partial charge in [-0.25, -0.2) is 0 Å². The molecule has 0 spiro atoms. The number of primary amides is 1. The Bertz CT molecular complexity index is 147. The molecule has 2 N–H and O–H groups in total. The zero-order chi connectivity index (χ0) is 9.07. The average molecular weight is 187 g/mol. The summed E-state index contributed by atoms with van der Waals surface area (Å²) in [6.07, 6.45) is -4.23. The molecule has 1 unspecified atom stereocenters. The fourth-order valence-corrected chi connectivity index (χ4v) is 0.905. The maximum absolute atomic E-state index is 11.5. The SMILES string of the molecule is CC(SCC(F)(F)F)C(N)=O. The van der Waals surface area contributed by atoms with E-state index in [1.54, 1.807) is 0 Å². The van der Waals surface area contributed by atoms with Crippen LogP contribution in [0.1, 0.15) is 6.92 Å². The van der Waals surface area contributed by atoms with E-state index < -0.39 is 23.1 Å². The van der Waals surface area contributed by atoms with Crippen LogP contribution < -0.4 is 5.73 Å². The van der Waals surface area contributed by atoms with E-state index in [0.29, 0.717) is 11.8 Å². The first-order valence-corrected chi connectivity index (χ1v) is 3.85. The van der Waals surface area contributed by atoms with Crippen LogP contribution >= 0.6 is 11.8 Å². The van der Waals surface area contributed by atoms with Crippen molar-refractivity contribution in [3.63, 3.8) is 0 Å². The number of amides is 1. The Labute approximate surface area is 66.3 Å². The lowest BCUT2D eigenvalue weighted by molar-refractivity contribution is -0.117. The summed E-state index contributed by atoms with van der Waals surface area (Å²) in [6, 6.07) is 0. The molecule has 0 aromatic rings. The fraction of sp³-hybridized carbons (Fsp3) is 0.800. The minimum absolute atomic E-state index is 0.492. The molecule has 6 heteroatoms. The first kappa shape index (κ1) is 10.6. The lowest BCUT2D eigenvalue weighted by Crippen LogP contribution is -2.25. The van der Waals surface area contributed by atoms with Crippen LogP contribution in [0, 0.1) is 0 Å². The maximum Gasteiger partial charge on any atom is 0.397 e. The minimum Gasteiger partial charge on any atom is -0.369 e. The second kappa shape index (κ2) is 3.85. The molecular weight excluding hydrogens is 179 g/mol. The molecule has 0 saturated heterocycles. The van der Waals surface area contributed by atoms with Gasteiger partial charge in [-0.05, 0) is 6.92 Å². The largest absolute Gasteiger partial charge is 0.397 e. The molecule has 0 aliphatic carbocycles. The lowest BCUT2D eigenvalue weighted by atomic mass is 10.5. The summed E-state index contributed by atoms with van der Waals surface area (Å²) in [5, 5.41) is -0.781. The first-order valence-electron chi connectivity index (χ1n) is 2.80. The normalized spacial score (nSPS) is 14.5. The molecule has 0 fully saturated rings. The summed E-state index contributed by atoms with van der Waals surface area (Å²) in [6.45, 7) is 1.35. The third kappa shape index (κ3) is 6.03. The van der Waals surface area contributed by atoms with Crippen molar-refractivity contribution in [2.75, 3.05) is 5.75 Å². The number of carbonyl (C=O) groups excluding carboxylic acids is 1. The van der Waals surface area contributed by atoms with E-state index in [-0.39, 0.29) is 0 Å². The molecule has 0 aromatic heterocycles. The standard InChI is InChI=1S/C5H8F3NOS/c1-3(4(9)10)11-2-5(6,7)8/h3H,2H2,1H3,(H2,9,10). The van der Waals surface area contributed by atoms with Gasteiger partial charge in [0.1, 0.15) is 0 Å². The molecule has 2 nitrogen and oxygen atoms in total. The molecule has 1 amide bonds. The van der Waals surface area contributed by atoms with Crippen molar-refractivity contribution in [1.82, 2.24) is 0 Å². The second-order valence-corrected chi connectivity index (χ2v) is 3.30. The quantitative estimate of drug-likeness (QED) is 0.720. The van der Waals surface area contributed by atoms with Gasteiger partial charge in [0.15, 0.2) is 0 Å². The van der Waals surface area contributed by atoms with Gasteiger partial charge in [-0.2, -0.15) is 13.2 Å². The van der Waals surface area contributed by atoms with Gasteiger partial charge >= 0.3 is 6.18 Å². The zero-order valence-electron chi connectivity index (χ0n) is 5.81. The summed E-state index contributed by atoms with van der Waals surface area (Å²) in [5.41, 5.74) is 4.74. The van der Waals surface area contributed by atoms with Crippen molar-refractivity contribution in [1.29, 1.82) is 0 Å². The molecule has 1 atom stereocenters. The van der Waals surface area contributed by atoms with Gasteiger partial charge in [-0.3, -0.25) is 4.79 Å². The molecule has 0 bridgehead atoms. The Kier molecular flexibility index (Phi) is 3.71. The van der Waals surface area contributed by atoms with E-state index in [9.17, 15) is 18.0 Å². The van der Waals surface area contributed by atoms with E-state index in [1.165, 1.54) is 6.92 Å². The van der Waals surface area contributed by atoms with Gasteiger partial charge in [-0.15, -0.1) is 11.8 Å². The number of halogens is 3. The molecule has 0 saturated carbocycles. The highest BCUT2D eigenvalue weighted by atomic mass is 32.2. The van der Waals surface area contributed by atoms with Gasteiger partial charge in [0.05, 0.1) is 11.0 Å². The van der Waals surface area contributed by atoms with Crippen molar-refractivity contribution in [3.05, 3.63) is 0 Å². The number of rotatable bonds is 3. The number of alkyl halides is 3. The number of thioether (sulfide) groups is 1. The molecule has 0 aromatic carbocycles. The van der Waals surface area contributed by atoms with Crippen molar-refractivity contribution >= 4 is 17.7 Å². The van der Waals surface area contributed by atoms with Gasteiger partial charge in [0, 0.05) is 0 Å². The molecule has 0 radical (unpaired) electrons. The third-order valence-corrected chi connectivity index (χ3v) is 2.12. The summed E-state index contributed by atoms with van der Waals surface area (Å²) in [4.78, 5) is 10.3. The van der Waals surface area contributed by atoms with E-state index in [4.69, 9.17) is 5.73 Å². The highest BCUT2D eigenvalue weighted by molar-refractivity contribution is 8.00. The van der Waals surface area contributed by atoms with Crippen molar-refractivity contribution in [3.8, 4) is 0 Å².